The van der Waals surface area contributed by atoms with Gasteiger partial charge in [-0.3, -0.25) is 14.2 Å². The van der Waals surface area contributed by atoms with Crippen LogP contribution in [-0.2, 0) is 14.9 Å². The normalized spacial score (nSPS) is 15.2. The summed E-state index contributed by atoms with van der Waals surface area (Å²) in [7, 11) is -4.64. The molecule has 0 bridgehead atoms. The molecule has 1 aliphatic heterocycles. The number of rotatable bonds is 5. The van der Waals surface area contributed by atoms with Gasteiger partial charge >= 0.3 is 5.97 Å². The van der Waals surface area contributed by atoms with Crippen LogP contribution in [0.25, 0.3) is 6.08 Å². The van der Waals surface area contributed by atoms with Crippen LogP contribution < -0.4 is 4.90 Å². The molecule has 0 saturated carbocycles. The summed E-state index contributed by atoms with van der Waals surface area (Å²) in [6.45, 7) is 0. The number of hydrogen-bond donors (Lipinski definition) is 2. The molecule has 0 aliphatic carbocycles. The highest BCUT2D eigenvalue weighted by Gasteiger charge is 2.35. The third-order valence-electron chi connectivity index (χ3n) is 4.73. The van der Waals surface area contributed by atoms with Crippen molar-refractivity contribution in [1.29, 1.82) is 0 Å². The lowest BCUT2D eigenvalue weighted by atomic mass is 10.1. The molecule has 3 aromatic carbocycles. The highest BCUT2D eigenvalue weighted by molar-refractivity contribution is 7.85. The first-order valence-corrected chi connectivity index (χ1v) is 10.8. The molecule has 1 heterocycles. The second-order valence-electron chi connectivity index (χ2n) is 6.84. The molecular formula is C23H16N2O6S. The van der Waals surface area contributed by atoms with Gasteiger partial charge in [0, 0.05) is 5.56 Å². The van der Waals surface area contributed by atoms with Crippen LogP contribution >= 0.6 is 0 Å². The lowest BCUT2D eigenvalue weighted by Crippen LogP contribution is -2.34. The molecule has 4 rings (SSSR count). The molecule has 32 heavy (non-hydrogen) atoms. The van der Waals surface area contributed by atoms with Crippen LogP contribution in [0.4, 0.5) is 5.69 Å². The van der Waals surface area contributed by atoms with E-state index in [2.05, 4.69) is 4.99 Å². The average Bonchev–Trinajstić information content (AvgIpc) is 3.10. The molecule has 0 radical (unpaired) electrons. The van der Waals surface area contributed by atoms with Crippen LogP contribution in [0.15, 0.2) is 94.4 Å². The molecule has 0 unspecified atom stereocenters. The number of aliphatic imine (C=N–C) groups is 1. The Kier molecular flexibility index (Phi) is 5.43. The quantitative estimate of drug-likeness (QED) is 0.455. The van der Waals surface area contributed by atoms with Gasteiger partial charge in [0.1, 0.15) is 11.5 Å². The van der Waals surface area contributed by atoms with Crippen molar-refractivity contribution in [3.05, 3.63) is 101 Å². The van der Waals surface area contributed by atoms with Crippen molar-refractivity contribution in [2.24, 2.45) is 4.99 Å². The molecule has 0 fully saturated rings. The Labute approximate surface area is 183 Å². The van der Waals surface area contributed by atoms with E-state index < -0.39 is 26.9 Å². The number of amides is 1. The summed E-state index contributed by atoms with van der Waals surface area (Å²) in [5.41, 5.74) is 0.723. The van der Waals surface area contributed by atoms with Crippen LogP contribution in [0.1, 0.15) is 21.5 Å². The van der Waals surface area contributed by atoms with E-state index in [0.717, 1.165) is 23.1 Å². The van der Waals surface area contributed by atoms with Crippen LogP contribution in [0.3, 0.4) is 0 Å². The maximum absolute atomic E-state index is 13.4. The predicted molar refractivity (Wildman–Crippen MR) is 118 cm³/mol. The summed E-state index contributed by atoms with van der Waals surface area (Å²) in [6.07, 6.45) is 1.55. The summed E-state index contributed by atoms with van der Waals surface area (Å²) in [5.74, 6) is -1.88. The van der Waals surface area contributed by atoms with E-state index in [1.807, 2.05) is 6.07 Å². The van der Waals surface area contributed by atoms with E-state index in [9.17, 15) is 27.7 Å². The predicted octanol–water partition coefficient (Wildman–Crippen LogP) is 3.47. The molecular weight excluding hydrogens is 432 g/mol. The van der Waals surface area contributed by atoms with Gasteiger partial charge < -0.3 is 5.11 Å². The largest absolute Gasteiger partial charge is 0.478 e. The first kappa shape index (κ1) is 21.2. The summed E-state index contributed by atoms with van der Waals surface area (Å²) in [4.78, 5) is 30.2. The van der Waals surface area contributed by atoms with E-state index in [1.165, 1.54) is 0 Å². The van der Waals surface area contributed by atoms with Gasteiger partial charge in [0.2, 0.25) is 0 Å². The Balaban J connectivity index is 1.95. The van der Waals surface area contributed by atoms with E-state index >= 15 is 0 Å². The summed E-state index contributed by atoms with van der Waals surface area (Å²) >= 11 is 0. The summed E-state index contributed by atoms with van der Waals surface area (Å²) in [5, 5.41) is 9.66. The molecule has 2 N–H and O–H groups in total. The molecule has 0 atom stereocenters. The van der Waals surface area contributed by atoms with Crippen molar-refractivity contribution in [3.63, 3.8) is 0 Å². The number of carboxylic acid groups (broad SMARTS) is 1. The number of nitrogens with zero attached hydrogens (tertiary/aromatic N) is 2. The van der Waals surface area contributed by atoms with Crippen molar-refractivity contribution in [2.45, 2.75) is 4.90 Å². The Bertz CT molecular complexity index is 1380. The molecule has 8 nitrogen and oxygen atoms in total. The molecule has 0 spiro atoms. The molecule has 0 saturated heterocycles. The van der Waals surface area contributed by atoms with Crippen molar-refractivity contribution in [1.82, 2.24) is 0 Å². The van der Waals surface area contributed by atoms with Gasteiger partial charge in [0.25, 0.3) is 16.0 Å². The van der Waals surface area contributed by atoms with Gasteiger partial charge in [-0.25, -0.2) is 9.79 Å². The standard InChI is InChI=1S/C23H16N2O6S/c26-22-19(13-15-7-3-1-4-8-15)24-21(16-9-5-2-6-10-16)25(22)20-14-17(32(29,30)31)11-12-18(20)23(27)28/h1-14H,(H,27,28)(H,29,30,31)/b19-13-. The maximum atomic E-state index is 13.4. The summed E-state index contributed by atoms with van der Waals surface area (Å²) in [6, 6.07) is 20.5. The second kappa shape index (κ2) is 8.22. The van der Waals surface area contributed by atoms with Gasteiger partial charge in [0.05, 0.1) is 16.1 Å². The average molecular weight is 448 g/mol. The van der Waals surface area contributed by atoms with Gasteiger partial charge in [-0.1, -0.05) is 60.7 Å². The van der Waals surface area contributed by atoms with Gasteiger partial charge in [-0.05, 0) is 29.8 Å². The second-order valence-corrected chi connectivity index (χ2v) is 8.26. The van der Waals surface area contributed by atoms with E-state index in [1.54, 1.807) is 60.7 Å². The zero-order valence-electron chi connectivity index (χ0n) is 16.4. The fourth-order valence-electron chi connectivity index (χ4n) is 3.27. The topological polar surface area (TPSA) is 124 Å². The van der Waals surface area contributed by atoms with Gasteiger partial charge in [0.15, 0.2) is 0 Å². The number of benzene rings is 3. The van der Waals surface area contributed by atoms with E-state index in [4.69, 9.17) is 0 Å². The van der Waals surface area contributed by atoms with Crippen molar-refractivity contribution in [3.8, 4) is 0 Å². The first-order chi connectivity index (χ1) is 15.3. The summed E-state index contributed by atoms with van der Waals surface area (Å²) < 4.78 is 32.8. The van der Waals surface area contributed by atoms with Crippen molar-refractivity contribution < 1.29 is 27.7 Å². The number of anilines is 1. The minimum Gasteiger partial charge on any atom is -0.478 e. The van der Waals surface area contributed by atoms with Crippen molar-refractivity contribution in [2.75, 3.05) is 4.90 Å². The van der Waals surface area contributed by atoms with Crippen molar-refractivity contribution >= 4 is 39.6 Å². The highest BCUT2D eigenvalue weighted by atomic mass is 32.2. The minimum atomic E-state index is -4.64. The van der Waals surface area contributed by atoms with Gasteiger partial charge in [-0.15, -0.1) is 0 Å². The Hall–Kier alpha value is -4.08. The van der Waals surface area contributed by atoms with Gasteiger partial charge in [-0.2, -0.15) is 8.42 Å². The zero-order chi connectivity index (χ0) is 22.9. The number of aromatic carboxylic acids is 1. The lowest BCUT2D eigenvalue weighted by Gasteiger charge is -2.21. The fourth-order valence-corrected chi connectivity index (χ4v) is 3.77. The van der Waals surface area contributed by atoms with E-state index in [0.29, 0.717) is 11.1 Å². The van der Waals surface area contributed by atoms with E-state index in [-0.39, 0.29) is 22.8 Å². The molecule has 3 aromatic rings. The Morgan fingerprint density at radius 1 is 0.938 bits per heavy atom. The first-order valence-electron chi connectivity index (χ1n) is 9.36. The lowest BCUT2D eigenvalue weighted by molar-refractivity contribution is -0.113. The maximum Gasteiger partial charge on any atom is 0.337 e. The number of hydrogen-bond acceptors (Lipinski definition) is 5. The van der Waals surface area contributed by atoms with Crippen LogP contribution in [0.5, 0.6) is 0 Å². The third-order valence-corrected chi connectivity index (χ3v) is 5.58. The van der Waals surface area contributed by atoms with Crippen LogP contribution in [0.2, 0.25) is 0 Å². The Morgan fingerprint density at radius 3 is 2.16 bits per heavy atom. The number of carbonyl (C=O) groups is 2. The Morgan fingerprint density at radius 2 is 1.56 bits per heavy atom. The molecule has 160 valence electrons. The fraction of sp³-hybridized carbons (Fsp3) is 0. The number of carbonyl (C=O) groups excluding carboxylic acids is 1. The number of amidine groups is 1. The van der Waals surface area contributed by atoms with Crippen LogP contribution in [0, 0.1) is 0 Å². The molecule has 1 aliphatic rings. The molecule has 0 aromatic heterocycles. The molecule has 9 heteroatoms. The number of carboxylic acids is 1. The monoisotopic (exact) mass is 448 g/mol. The molecule has 1 amide bonds. The zero-order valence-corrected chi connectivity index (χ0v) is 17.2. The third kappa shape index (κ3) is 4.07. The van der Waals surface area contributed by atoms with Crippen LogP contribution in [-0.4, -0.2) is 35.8 Å². The SMILES string of the molecule is O=C(O)c1ccc(S(=O)(=O)O)cc1N1C(=O)/C(=C/c2ccccc2)N=C1c1ccccc1. The minimum absolute atomic E-state index is 0.0450. The smallest absolute Gasteiger partial charge is 0.337 e. The highest BCUT2D eigenvalue weighted by Crippen LogP contribution is 2.32.